The number of hydrogen-bond acceptors (Lipinski definition) is 4. The van der Waals surface area contributed by atoms with Crippen LogP contribution in [0.25, 0.3) is 0 Å². The zero-order valence-electron chi connectivity index (χ0n) is 17.9. The van der Waals surface area contributed by atoms with Gasteiger partial charge in [0.25, 0.3) is 5.91 Å². The number of halogens is 2. The summed E-state index contributed by atoms with van der Waals surface area (Å²) in [6.07, 6.45) is 0. The van der Waals surface area contributed by atoms with Gasteiger partial charge in [0.1, 0.15) is 5.82 Å². The molecule has 8 heteroatoms. The molecule has 0 saturated carbocycles. The lowest BCUT2D eigenvalue weighted by molar-refractivity contribution is -0.119. The van der Waals surface area contributed by atoms with E-state index in [1.54, 1.807) is 41.3 Å². The number of carbonyl (C=O) groups excluding carboxylic acids is 2. The van der Waals surface area contributed by atoms with Crippen LogP contribution in [-0.2, 0) is 11.3 Å². The van der Waals surface area contributed by atoms with Gasteiger partial charge >= 0.3 is 0 Å². The second-order valence-electron chi connectivity index (χ2n) is 7.90. The number of rotatable bonds is 5. The SMILES string of the molecule is C[C@H](NC(=O)c1ccc2c(c1)N(Cc1ccc(Cl)cc1)C(=O)[C@@H](N)CS2)c1ccc(F)cc1. The van der Waals surface area contributed by atoms with E-state index in [4.69, 9.17) is 17.3 Å². The number of nitrogens with one attached hydrogen (secondary N) is 1. The summed E-state index contributed by atoms with van der Waals surface area (Å²) in [5.41, 5.74) is 8.89. The smallest absolute Gasteiger partial charge is 0.251 e. The standard InChI is InChI=1S/C25H23ClFN3O2S/c1-15(17-4-9-20(27)10-5-17)29-24(31)18-6-11-23-22(12-18)30(25(32)21(28)14-33-23)13-16-2-7-19(26)8-3-16/h2-12,15,21H,13-14,28H2,1H3,(H,29,31)/t15-,21-/m0/s1. The fourth-order valence-corrected chi connectivity index (χ4v) is 4.72. The Morgan fingerprint density at radius 1 is 1.18 bits per heavy atom. The van der Waals surface area contributed by atoms with E-state index < -0.39 is 6.04 Å². The molecular formula is C25H23ClFN3O2S. The van der Waals surface area contributed by atoms with Gasteiger partial charge in [0.05, 0.1) is 24.3 Å². The molecule has 2 atom stereocenters. The van der Waals surface area contributed by atoms with Crippen LogP contribution in [0.2, 0.25) is 5.02 Å². The van der Waals surface area contributed by atoms with Crippen LogP contribution in [0, 0.1) is 5.82 Å². The summed E-state index contributed by atoms with van der Waals surface area (Å²) in [6, 6.07) is 17.6. The molecule has 0 fully saturated rings. The number of nitrogens with two attached hydrogens (primary N) is 1. The molecule has 4 rings (SSSR count). The van der Waals surface area contributed by atoms with Crippen molar-refractivity contribution < 1.29 is 14.0 Å². The molecule has 3 aromatic rings. The van der Waals surface area contributed by atoms with E-state index in [0.717, 1.165) is 16.0 Å². The summed E-state index contributed by atoms with van der Waals surface area (Å²) in [5, 5.41) is 3.55. The second-order valence-corrected chi connectivity index (χ2v) is 9.40. The Morgan fingerprint density at radius 3 is 2.58 bits per heavy atom. The Kier molecular flexibility index (Phi) is 7.02. The summed E-state index contributed by atoms with van der Waals surface area (Å²) >= 11 is 7.49. The number of fused-ring (bicyclic) bond motifs is 1. The molecular weight excluding hydrogens is 461 g/mol. The summed E-state index contributed by atoms with van der Waals surface area (Å²) < 4.78 is 13.2. The van der Waals surface area contributed by atoms with Crippen LogP contribution in [0.1, 0.15) is 34.5 Å². The average Bonchev–Trinajstić information content (AvgIpc) is 2.92. The van der Waals surface area contributed by atoms with Crippen LogP contribution in [0.15, 0.2) is 71.6 Å². The Bertz CT molecular complexity index is 1170. The van der Waals surface area contributed by atoms with Crippen molar-refractivity contribution >= 4 is 40.9 Å². The van der Waals surface area contributed by atoms with Crippen LogP contribution in [0.4, 0.5) is 10.1 Å². The van der Waals surface area contributed by atoms with Gasteiger partial charge in [0.15, 0.2) is 0 Å². The number of nitrogens with zero attached hydrogens (tertiary/aromatic N) is 1. The van der Waals surface area contributed by atoms with Gasteiger partial charge in [-0.1, -0.05) is 35.9 Å². The minimum Gasteiger partial charge on any atom is -0.346 e. The third-order valence-electron chi connectivity index (χ3n) is 5.49. The zero-order valence-corrected chi connectivity index (χ0v) is 19.5. The summed E-state index contributed by atoms with van der Waals surface area (Å²) in [6.45, 7) is 2.15. The molecule has 170 valence electrons. The maximum absolute atomic E-state index is 13.2. The molecule has 5 nitrogen and oxygen atoms in total. The first kappa shape index (κ1) is 23.3. The molecule has 0 bridgehead atoms. The van der Waals surface area contributed by atoms with Crippen LogP contribution in [0.5, 0.6) is 0 Å². The van der Waals surface area contributed by atoms with E-state index in [0.29, 0.717) is 28.6 Å². The Labute approximate surface area is 201 Å². The number of thioether (sulfide) groups is 1. The Balaban J connectivity index is 1.61. The number of carbonyl (C=O) groups is 2. The largest absolute Gasteiger partial charge is 0.346 e. The van der Waals surface area contributed by atoms with Crippen molar-refractivity contribution in [2.75, 3.05) is 10.7 Å². The van der Waals surface area contributed by atoms with Crippen LogP contribution in [-0.4, -0.2) is 23.6 Å². The van der Waals surface area contributed by atoms with Crippen LogP contribution >= 0.6 is 23.4 Å². The Morgan fingerprint density at radius 2 is 1.88 bits per heavy atom. The van der Waals surface area contributed by atoms with Gasteiger partial charge in [-0.2, -0.15) is 0 Å². The highest BCUT2D eigenvalue weighted by atomic mass is 35.5. The highest BCUT2D eigenvalue weighted by molar-refractivity contribution is 7.99. The summed E-state index contributed by atoms with van der Waals surface area (Å²) in [5.74, 6) is -0.361. The van der Waals surface area contributed by atoms with Crippen molar-refractivity contribution in [1.29, 1.82) is 0 Å². The predicted molar refractivity (Wildman–Crippen MR) is 130 cm³/mol. The molecule has 3 aromatic carbocycles. The first-order chi connectivity index (χ1) is 15.8. The third-order valence-corrected chi connectivity index (χ3v) is 6.92. The lowest BCUT2D eigenvalue weighted by atomic mass is 10.1. The molecule has 1 aliphatic heterocycles. The van der Waals surface area contributed by atoms with Gasteiger partial charge in [-0.15, -0.1) is 11.8 Å². The normalized spacial score (nSPS) is 16.7. The molecule has 33 heavy (non-hydrogen) atoms. The van der Waals surface area contributed by atoms with Crippen LogP contribution in [0.3, 0.4) is 0 Å². The van der Waals surface area contributed by atoms with Gasteiger partial charge in [0, 0.05) is 21.2 Å². The number of hydrogen-bond donors (Lipinski definition) is 2. The van der Waals surface area contributed by atoms with Crippen molar-refractivity contribution in [3.8, 4) is 0 Å². The molecule has 0 spiro atoms. The minimum absolute atomic E-state index is 0.201. The number of benzene rings is 3. The van der Waals surface area contributed by atoms with Crippen molar-refractivity contribution in [3.63, 3.8) is 0 Å². The van der Waals surface area contributed by atoms with Gasteiger partial charge < -0.3 is 16.0 Å². The third kappa shape index (κ3) is 5.38. The molecule has 0 unspecified atom stereocenters. The van der Waals surface area contributed by atoms with Crippen molar-refractivity contribution in [1.82, 2.24) is 5.32 Å². The molecule has 0 aromatic heterocycles. The van der Waals surface area contributed by atoms with Gasteiger partial charge in [-0.25, -0.2) is 4.39 Å². The summed E-state index contributed by atoms with van der Waals surface area (Å²) in [4.78, 5) is 28.6. The molecule has 1 aliphatic rings. The fraction of sp³-hybridized carbons (Fsp3) is 0.200. The van der Waals surface area contributed by atoms with Crippen LogP contribution < -0.4 is 16.0 Å². The maximum atomic E-state index is 13.2. The second kappa shape index (κ2) is 9.95. The van der Waals surface area contributed by atoms with E-state index in [9.17, 15) is 14.0 Å². The highest BCUT2D eigenvalue weighted by Gasteiger charge is 2.29. The fourth-order valence-electron chi connectivity index (χ4n) is 3.61. The van der Waals surface area contributed by atoms with E-state index in [2.05, 4.69) is 5.32 Å². The van der Waals surface area contributed by atoms with E-state index in [1.807, 2.05) is 25.1 Å². The van der Waals surface area contributed by atoms with Gasteiger partial charge in [0.2, 0.25) is 5.91 Å². The molecule has 2 amide bonds. The minimum atomic E-state index is -0.648. The van der Waals surface area contributed by atoms with Crippen molar-refractivity contribution in [2.24, 2.45) is 5.73 Å². The molecule has 0 aliphatic carbocycles. The molecule has 0 radical (unpaired) electrons. The predicted octanol–water partition coefficient (Wildman–Crippen LogP) is 4.94. The maximum Gasteiger partial charge on any atom is 0.251 e. The Hall–Kier alpha value is -2.87. The van der Waals surface area contributed by atoms with Crippen molar-refractivity contribution in [2.45, 2.75) is 30.4 Å². The molecule has 3 N–H and O–H groups in total. The van der Waals surface area contributed by atoms with E-state index in [-0.39, 0.29) is 23.7 Å². The first-order valence-electron chi connectivity index (χ1n) is 10.5. The molecule has 1 heterocycles. The summed E-state index contributed by atoms with van der Waals surface area (Å²) in [7, 11) is 0. The average molecular weight is 484 g/mol. The topological polar surface area (TPSA) is 75.4 Å². The first-order valence-corrected chi connectivity index (χ1v) is 11.8. The van der Waals surface area contributed by atoms with Gasteiger partial charge in [-0.05, 0) is 60.5 Å². The monoisotopic (exact) mass is 483 g/mol. The van der Waals surface area contributed by atoms with Gasteiger partial charge in [-0.3, -0.25) is 9.59 Å². The quantitative estimate of drug-likeness (QED) is 0.539. The molecule has 0 saturated heterocycles. The number of amides is 2. The van der Waals surface area contributed by atoms with E-state index >= 15 is 0 Å². The lowest BCUT2D eigenvalue weighted by Gasteiger charge is -2.25. The highest BCUT2D eigenvalue weighted by Crippen LogP contribution is 2.36. The van der Waals surface area contributed by atoms with E-state index in [1.165, 1.54) is 23.9 Å². The lowest BCUT2D eigenvalue weighted by Crippen LogP contribution is -2.44. The zero-order chi connectivity index (χ0) is 23.5. The number of anilines is 1. The van der Waals surface area contributed by atoms with Crippen molar-refractivity contribution in [3.05, 3.63) is 94.3 Å².